The zero-order chi connectivity index (χ0) is 7.98. The molecule has 0 spiro atoms. The lowest BCUT2D eigenvalue weighted by atomic mass is 10.4. The first-order valence-electron chi connectivity index (χ1n) is 3.31. The number of thioether (sulfide) groups is 1. The molecule has 0 aliphatic carbocycles. The Balaban J connectivity index is 3.22. The summed E-state index contributed by atoms with van der Waals surface area (Å²) in [5.41, 5.74) is 0. The predicted molar refractivity (Wildman–Crippen MR) is 46.1 cm³/mol. The third kappa shape index (κ3) is 4.68. The van der Waals surface area contributed by atoms with Crippen LogP contribution in [0, 0.1) is 6.92 Å². The molecule has 59 valence electrons. The summed E-state index contributed by atoms with van der Waals surface area (Å²) in [5, 5.41) is 0.133. The molecule has 10 heavy (non-hydrogen) atoms. The van der Waals surface area contributed by atoms with Crippen LogP contribution in [-0.2, 0) is 0 Å². The second-order valence-corrected chi connectivity index (χ2v) is 3.26. The van der Waals surface area contributed by atoms with Crippen LogP contribution in [0.5, 0.6) is 0 Å². The molecule has 0 aromatic heterocycles. The van der Waals surface area contributed by atoms with Gasteiger partial charge in [-0.1, -0.05) is 25.1 Å². The van der Waals surface area contributed by atoms with Gasteiger partial charge in [-0.15, -0.1) is 0 Å². The number of rotatable bonds is 3. The fraction of sp³-hybridized carbons (Fsp3) is 0.714. The van der Waals surface area contributed by atoms with E-state index in [1.165, 1.54) is 11.8 Å². The van der Waals surface area contributed by atoms with E-state index in [9.17, 15) is 4.79 Å². The second kappa shape index (κ2) is 5.59. The van der Waals surface area contributed by atoms with Gasteiger partial charge in [0, 0.05) is 19.8 Å². The summed E-state index contributed by atoms with van der Waals surface area (Å²) in [6.45, 7) is 3.69. The molecule has 0 unspecified atom stereocenters. The molecule has 0 fully saturated rings. The van der Waals surface area contributed by atoms with E-state index in [-0.39, 0.29) is 5.24 Å². The minimum Gasteiger partial charge on any atom is -0.340 e. The average Bonchev–Trinajstić information content (AvgIpc) is 1.88. The molecule has 1 radical (unpaired) electrons. The molecule has 0 aliphatic heterocycles. The highest BCUT2D eigenvalue weighted by Gasteiger charge is 2.01. The first kappa shape index (κ1) is 9.82. The lowest BCUT2D eigenvalue weighted by Gasteiger charge is -2.07. The van der Waals surface area contributed by atoms with Gasteiger partial charge in [-0.25, -0.2) is 0 Å². The quantitative estimate of drug-likeness (QED) is 0.589. The first-order chi connectivity index (χ1) is 4.68. The van der Waals surface area contributed by atoms with Crippen LogP contribution in [0.1, 0.15) is 12.8 Å². The van der Waals surface area contributed by atoms with Gasteiger partial charge in [-0.3, -0.25) is 4.79 Å². The molecule has 0 saturated heterocycles. The van der Waals surface area contributed by atoms with Gasteiger partial charge in [-0.2, -0.15) is 0 Å². The molecule has 2 nitrogen and oxygen atoms in total. The zero-order valence-corrected chi connectivity index (χ0v) is 7.41. The Labute approximate surface area is 67.0 Å². The Morgan fingerprint density at radius 1 is 1.60 bits per heavy atom. The standard InChI is InChI=1S/C7H14NOS/c1-4-5-6-10-7(9)8(2)3/h1,4-6H2,2-3H3. The molecule has 0 heterocycles. The summed E-state index contributed by atoms with van der Waals surface area (Å²) in [5.74, 6) is 0.889. The van der Waals surface area contributed by atoms with Gasteiger partial charge in [0.2, 0.25) is 0 Å². The minimum atomic E-state index is 0.133. The summed E-state index contributed by atoms with van der Waals surface area (Å²) in [6, 6.07) is 0. The molecule has 0 bridgehead atoms. The maximum atomic E-state index is 10.9. The lowest BCUT2D eigenvalue weighted by molar-refractivity contribution is 0.241. The molecular formula is C7H14NOS. The number of hydrogen-bond acceptors (Lipinski definition) is 2. The number of amides is 1. The zero-order valence-electron chi connectivity index (χ0n) is 6.59. The summed E-state index contributed by atoms with van der Waals surface area (Å²) in [7, 11) is 3.53. The van der Waals surface area contributed by atoms with Crippen molar-refractivity contribution in [3.63, 3.8) is 0 Å². The van der Waals surface area contributed by atoms with Crippen LogP contribution in [-0.4, -0.2) is 30.0 Å². The molecule has 1 amide bonds. The number of nitrogens with zero attached hydrogens (tertiary/aromatic N) is 1. The molecular weight excluding hydrogens is 146 g/mol. The monoisotopic (exact) mass is 160 g/mol. The van der Waals surface area contributed by atoms with Gasteiger partial charge >= 0.3 is 0 Å². The molecule has 0 rings (SSSR count). The van der Waals surface area contributed by atoms with Crippen molar-refractivity contribution >= 4 is 17.0 Å². The fourth-order valence-corrected chi connectivity index (χ4v) is 1.17. The first-order valence-corrected chi connectivity index (χ1v) is 4.30. The fourth-order valence-electron chi connectivity index (χ4n) is 0.391. The highest BCUT2D eigenvalue weighted by Crippen LogP contribution is 2.07. The van der Waals surface area contributed by atoms with E-state index >= 15 is 0 Å². The van der Waals surface area contributed by atoms with Crippen LogP contribution in [0.15, 0.2) is 0 Å². The summed E-state index contributed by atoms with van der Waals surface area (Å²) >= 11 is 1.36. The largest absolute Gasteiger partial charge is 0.340 e. The van der Waals surface area contributed by atoms with Crippen molar-refractivity contribution < 1.29 is 4.79 Å². The Morgan fingerprint density at radius 2 is 2.20 bits per heavy atom. The Hall–Kier alpha value is -0.180. The number of carbonyl (C=O) groups excluding carboxylic acids is 1. The maximum absolute atomic E-state index is 10.9. The van der Waals surface area contributed by atoms with Gasteiger partial charge in [0.25, 0.3) is 5.24 Å². The maximum Gasteiger partial charge on any atom is 0.281 e. The van der Waals surface area contributed by atoms with Crippen LogP contribution in [0.4, 0.5) is 4.79 Å². The number of hydrogen-bond donors (Lipinski definition) is 0. The highest BCUT2D eigenvalue weighted by molar-refractivity contribution is 8.13. The van der Waals surface area contributed by atoms with E-state index in [2.05, 4.69) is 6.92 Å². The van der Waals surface area contributed by atoms with Gasteiger partial charge in [0.15, 0.2) is 0 Å². The summed E-state index contributed by atoms with van der Waals surface area (Å²) in [6.07, 6.45) is 1.93. The van der Waals surface area contributed by atoms with Crippen LogP contribution < -0.4 is 0 Å². The van der Waals surface area contributed by atoms with Crippen molar-refractivity contribution in [2.45, 2.75) is 12.8 Å². The molecule has 0 aromatic carbocycles. The van der Waals surface area contributed by atoms with E-state index < -0.39 is 0 Å². The van der Waals surface area contributed by atoms with Gasteiger partial charge < -0.3 is 4.90 Å². The highest BCUT2D eigenvalue weighted by atomic mass is 32.2. The predicted octanol–water partition coefficient (Wildman–Crippen LogP) is 2.02. The average molecular weight is 160 g/mol. The van der Waals surface area contributed by atoms with Crippen molar-refractivity contribution in [3.8, 4) is 0 Å². The molecule has 0 saturated carbocycles. The smallest absolute Gasteiger partial charge is 0.281 e. The lowest BCUT2D eigenvalue weighted by Crippen LogP contribution is -2.16. The molecule has 0 aromatic rings. The molecule has 0 aliphatic rings. The third-order valence-electron chi connectivity index (χ3n) is 0.985. The van der Waals surface area contributed by atoms with Crippen molar-refractivity contribution in [1.82, 2.24) is 4.90 Å². The Bertz CT molecular complexity index is 104. The normalized spacial score (nSPS) is 9.50. The Morgan fingerprint density at radius 3 is 2.60 bits per heavy atom. The van der Waals surface area contributed by atoms with E-state index in [0.29, 0.717) is 0 Å². The third-order valence-corrected chi connectivity index (χ3v) is 2.09. The van der Waals surface area contributed by atoms with E-state index in [1.54, 1.807) is 19.0 Å². The molecule has 0 atom stereocenters. The van der Waals surface area contributed by atoms with Crippen molar-refractivity contribution in [2.24, 2.45) is 0 Å². The van der Waals surface area contributed by atoms with E-state index in [0.717, 1.165) is 18.6 Å². The van der Waals surface area contributed by atoms with Crippen molar-refractivity contribution in [2.75, 3.05) is 19.8 Å². The Kier molecular flexibility index (Phi) is 5.49. The SMILES string of the molecule is [CH2]CCCSC(=O)N(C)C. The van der Waals surface area contributed by atoms with Gasteiger partial charge in [-0.05, 0) is 6.42 Å². The summed E-state index contributed by atoms with van der Waals surface area (Å²) in [4.78, 5) is 12.5. The van der Waals surface area contributed by atoms with Gasteiger partial charge in [0.1, 0.15) is 0 Å². The number of carbonyl (C=O) groups is 1. The summed E-state index contributed by atoms with van der Waals surface area (Å²) < 4.78 is 0. The molecule has 0 N–H and O–H groups in total. The minimum absolute atomic E-state index is 0.133. The van der Waals surface area contributed by atoms with Crippen molar-refractivity contribution in [3.05, 3.63) is 6.92 Å². The number of unbranched alkanes of at least 4 members (excludes halogenated alkanes) is 1. The molecule has 3 heteroatoms. The second-order valence-electron chi connectivity index (χ2n) is 2.22. The topological polar surface area (TPSA) is 20.3 Å². The van der Waals surface area contributed by atoms with Gasteiger partial charge in [0.05, 0.1) is 0 Å². The van der Waals surface area contributed by atoms with E-state index in [4.69, 9.17) is 0 Å². The van der Waals surface area contributed by atoms with Crippen molar-refractivity contribution in [1.29, 1.82) is 0 Å². The van der Waals surface area contributed by atoms with Crippen LogP contribution >= 0.6 is 11.8 Å². The van der Waals surface area contributed by atoms with Crippen LogP contribution in [0.25, 0.3) is 0 Å². The van der Waals surface area contributed by atoms with Crippen LogP contribution in [0.2, 0.25) is 0 Å². The van der Waals surface area contributed by atoms with Crippen LogP contribution in [0.3, 0.4) is 0 Å². The van der Waals surface area contributed by atoms with E-state index in [1.807, 2.05) is 0 Å².